The molecule has 1 aliphatic rings. The third-order valence-electron chi connectivity index (χ3n) is 4.29. The maximum Gasteiger partial charge on any atom is 0.134 e. The van der Waals surface area contributed by atoms with Crippen molar-refractivity contribution in [2.75, 3.05) is 42.4 Å². The quantitative estimate of drug-likeness (QED) is 0.832. The Balaban J connectivity index is 1.72. The molecule has 3 rings (SSSR count). The maximum atomic E-state index is 9.49. The van der Waals surface area contributed by atoms with E-state index in [1.54, 1.807) is 12.5 Å². The van der Waals surface area contributed by atoms with Gasteiger partial charge in [0.15, 0.2) is 0 Å². The number of rotatable bonds is 6. The fourth-order valence-corrected chi connectivity index (χ4v) is 3.08. The topological polar surface area (TPSA) is 77.4 Å². The number of pyridine rings is 1. The highest BCUT2D eigenvalue weighted by atomic mass is 16.3. The molecule has 3 heterocycles. The Bertz CT molecular complexity index is 678. The average molecular weight is 328 g/mol. The van der Waals surface area contributed by atoms with E-state index >= 15 is 0 Å². The van der Waals surface area contributed by atoms with E-state index < -0.39 is 0 Å². The van der Waals surface area contributed by atoms with Crippen LogP contribution in [-0.4, -0.2) is 53.3 Å². The van der Waals surface area contributed by atoms with E-state index in [1.807, 2.05) is 31.1 Å². The van der Waals surface area contributed by atoms with Crippen LogP contribution in [0, 0.1) is 0 Å². The Morgan fingerprint density at radius 3 is 3.00 bits per heavy atom. The number of hydrogen-bond acceptors (Lipinski definition) is 7. The van der Waals surface area contributed by atoms with Crippen LogP contribution >= 0.6 is 0 Å². The number of nitrogens with one attached hydrogen (secondary N) is 1. The van der Waals surface area contributed by atoms with Crippen molar-refractivity contribution in [1.82, 2.24) is 15.0 Å². The second kappa shape index (κ2) is 7.44. The Morgan fingerprint density at radius 2 is 2.21 bits per heavy atom. The summed E-state index contributed by atoms with van der Waals surface area (Å²) < 4.78 is 0. The summed E-state index contributed by atoms with van der Waals surface area (Å²) >= 11 is 0. The standard InChI is InChI=1S/C17H24N6O/c1-22(2)17-13(5-3-7-18-17)10-19-15-9-16(21-12-20-15)23-8-4-6-14(23)11-24/h3,5,7,9,12,14,24H,4,6,8,10-11H2,1-2H3,(H,19,20,21)/t14-/m1/s1. The number of aliphatic hydroxyl groups excluding tert-OH is 1. The van der Waals surface area contributed by atoms with Crippen LogP contribution in [0.2, 0.25) is 0 Å². The van der Waals surface area contributed by atoms with Gasteiger partial charge >= 0.3 is 0 Å². The molecule has 7 nitrogen and oxygen atoms in total. The molecule has 0 saturated carbocycles. The molecule has 2 aromatic heterocycles. The summed E-state index contributed by atoms with van der Waals surface area (Å²) in [6.45, 7) is 1.73. The minimum Gasteiger partial charge on any atom is -0.394 e. The third kappa shape index (κ3) is 3.56. The van der Waals surface area contributed by atoms with Gasteiger partial charge in [-0.3, -0.25) is 0 Å². The lowest BCUT2D eigenvalue weighted by Gasteiger charge is -2.24. The SMILES string of the molecule is CN(C)c1ncccc1CNc1cc(N2CCC[C@@H]2CO)ncn1. The first-order valence-corrected chi connectivity index (χ1v) is 8.23. The first-order chi connectivity index (χ1) is 11.7. The molecule has 1 atom stereocenters. The van der Waals surface area contributed by atoms with Crippen molar-refractivity contribution in [3.05, 3.63) is 36.3 Å². The van der Waals surface area contributed by atoms with Gasteiger partial charge in [0.2, 0.25) is 0 Å². The van der Waals surface area contributed by atoms with Gasteiger partial charge in [-0.25, -0.2) is 15.0 Å². The summed E-state index contributed by atoms with van der Waals surface area (Å²) in [5.74, 6) is 2.58. The Hall–Kier alpha value is -2.41. The molecule has 0 aliphatic carbocycles. The van der Waals surface area contributed by atoms with Crippen LogP contribution in [0.4, 0.5) is 17.5 Å². The molecule has 0 aromatic carbocycles. The molecule has 128 valence electrons. The van der Waals surface area contributed by atoms with E-state index in [9.17, 15) is 5.11 Å². The van der Waals surface area contributed by atoms with Gasteiger partial charge in [-0.05, 0) is 18.9 Å². The summed E-state index contributed by atoms with van der Waals surface area (Å²) in [6.07, 6.45) is 5.45. The molecular formula is C17H24N6O. The van der Waals surface area contributed by atoms with Gasteiger partial charge in [-0.2, -0.15) is 0 Å². The van der Waals surface area contributed by atoms with Crippen molar-refractivity contribution in [3.63, 3.8) is 0 Å². The van der Waals surface area contributed by atoms with Crippen LogP contribution in [0.15, 0.2) is 30.7 Å². The highest BCUT2D eigenvalue weighted by Gasteiger charge is 2.25. The van der Waals surface area contributed by atoms with Gasteiger partial charge < -0.3 is 20.2 Å². The van der Waals surface area contributed by atoms with Crippen LogP contribution in [0.3, 0.4) is 0 Å². The number of anilines is 3. The summed E-state index contributed by atoms with van der Waals surface area (Å²) in [4.78, 5) is 17.2. The number of aromatic nitrogens is 3. The van der Waals surface area contributed by atoms with Crippen LogP contribution in [0.25, 0.3) is 0 Å². The second-order valence-electron chi connectivity index (χ2n) is 6.17. The fraction of sp³-hybridized carbons (Fsp3) is 0.471. The number of hydrogen-bond donors (Lipinski definition) is 2. The van der Waals surface area contributed by atoms with E-state index in [1.165, 1.54) is 0 Å². The summed E-state index contributed by atoms with van der Waals surface area (Å²) in [7, 11) is 3.97. The minimum atomic E-state index is 0.159. The Morgan fingerprint density at radius 1 is 1.33 bits per heavy atom. The molecule has 2 aromatic rings. The molecule has 2 N–H and O–H groups in total. The van der Waals surface area contributed by atoms with Crippen molar-refractivity contribution in [1.29, 1.82) is 0 Å². The predicted molar refractivity (Wildman–Crippen MR) is 95.4 cm³/mol. The van der Waals surface area contributed by atoms with Gasteiger partial charge in [0.1, 0.15) is 23.8 Å². The molecule has 0 spiro atoms. The van der Waals surface area contributed by atoms with Gasteiger partial charge in [0.05, 0.1) is 12.6 Å². The first-order valence-electron chi connectivity index (χ1n) is 8.23. The van der Waals surface area contributed by atoms with Crippen molar-refractivity contribution in [3.8, 4) is 0 Å². The lowest BCUT2D eigenvalue weighted by molar-refractivity contribution is 0.266. The van der Waals surface area contributed by atoms with Crippen molar-refractivity contribution >= 4 is 17.5 Å². The highest BCUT2D eigenvalue weighted by molar-refractivity contribution is 5.52. The molecule has 0 unspecified atom stereocenters. The van der Waals surface area contributed by atoms with Crippen LogP contribution < -0.4 is 15.1 Å². The second-order valence-corrected chi connectivity index (χ2v) is 6.17. The lowest BCUT2D eigenvalue weighted by Crippen LogP contribution is -2.32. The van der Waals surface area contributed by atoms with Crippen molar-refractivity contribution in [2.45, 2.75) is 25.4 Å². The third-order valence-corrected chi connectivity index (χ3v) is 4.29. The average Bonchev–Trinajstić information content (AvgIpc) is 3.09. The normalized spacial score (nSPS) is 17.1. The van der Waals surface area contributed by atoms with Crippen LogP contribution in [0.1, 0.15) is 18.4 Å². The van der Waals surface area contributed by atoms with Gasteiger partial charge in [0, 0.05) is 45.0 Å². The van der Waals surface area contributed by atoms with E-state index in [0.717, 1.165) is 42.4 Å². The summed E-state index contributed by atoms with van der Waals surface area (Å²) in [5.41, 5.74) is 1.11. The molecule has 1 saturated heterocycles. The fourth-order valence-electron chi connectivity index (χ4n) is 3.08. The zero-order valence-electron chi connectivity index (χ0n) is 14.2. The minimum absolute atomic E-state index is 0.159. The smallest absolute Gasteiger partial charge is 0.134 e. The number of aliphatic hydroxyl groups is 1. The van der Waals surface area contributed by atoms with Gasteiger partial charge in [0.25, 0.3) is 0 Å². The van der Waals surface area contributed by atoms with E-state index in [2.05, 4.69) is 31.2 Å². The lowest BCUT2D eigenvalue weighted by atomic mass is 10.2. The summed E-state index contributed by atoms with van der Waals surface area (Å²) in [5, 5.41) is 12.8. The zero-order chi connectivity index (χ0) is 16.9. The molecule has 1 aliphatic heterocycles. The highest BCUT2D eigenvalue weighted by Crippen LogP contribution is 2.25. The first kappa shape index (κ1) is 16.4. The molecule has 0 radical (unpaired) electrons. The van der Waals surface area contributed by atoms with Crippen molar-refractivity contribution < 1.29 is 5.11 Å². The Labute approximate surface area is 142 Å². The molecule has 1 fully saturated rings. The predicted octanol–water partition coefficient (Wildman–Crippen LogP) is 1.51. The van der Waals surface area contributed by atoms with Gasteiger partial charge in [-0.15, -0.1) is 0 Å². The molecule has 0 amide bonds. The van der Waals surface area contributed by atoms with Gasteiger partial charge in [-0.1, -0.05) is 6.07 Å². The largest absolute Gasteiger partial charge is 0.394 e. The van der Waals surface area contributed by atoms with E-state index in [-0.39, 0.29) is 12.6 Å². The summed E-state index contributed by atoms with van der Waals surface area (Å²) in [6, 6.07) is 6.09. The van der Waals surface area contributed by atoms with E-state index in [0.29, 0.717) is 6.54 Å². The molecular weight excluding hydrogens is 304 g/mol. The van der Waals surface area contributed by atoms with Crippen molar-refractivity contribution in [2.24, 2.45) is 0 Å². The molecule has 24 heavy (non-hydrogen) atoms. The maximum absolute atomic E-state index is 9.49. The monoisotopic (exact) mass is 328 g/mol. The number of nitrogens with zero attached hydrogens (tertiary/aromatic N) is 5. The van der Waals surface area contributed by atoms with E-state index in [4.69, 9.17) is 0 Å². The zero-order valence-corrected chi connectivity index (χ0v) is 14.2. The Kier molecular flexibility index (Phi) is 5.10. The molecule has 7 heteroatoms. The van der Waals surface area contributed by atoms with Crippen LogP contribution in [0.5, 0.6) is 0 Å². The molecule has 0 bridgehead atoms. The van der Waals surface area contributed by atoms with Crippen LogP contribution in [-0.2, 0) is 6.54 Å².